The standard InChI is InChI=1S/C13H11FN2S/c14-11-8-9(13(15)17)6-7-12(11)16-10-4-2-1-3-5-10/h1-8,16H,(H2,15,17). The van der Waals surface area contributed by atoms with Gasteiger partial charge >= 0.3 is 0 Å². The van der Waals surface area contributed by atoms with Crippen LogP contribution in [0, 0.1) is 5.82 Å². The molecule has 0 saturated carbocycles. The summed E-state index contributed by atoms with van der Waals surface area (Å²) in [5, 5.41) is 2.98. The highest BCUT2D eigenvalue weighted by atomic mass is 32.1. The van der Waals surface area contributed by atoms with Gasteiger partial charge in [0.1, 0.15) is 10.8 Å². The molecule has 0 aliphatic heterocycles. The van der Waals surface area contributed by atoms with Crippen LogP contribution in [0.5, 0.6) is 0 Å². The molecule has 4 heteroatoms. The number of rotatable bonds is 3. The fourth-order valence-electron chi connectivity index (χ4n) is 1.45. The summed E-state index contributed by atoms with van der Waals surface area (Å²) in [6.45, 7) is 0. The van der Waals surface area contributed by atoms with Gasteiger partial charge in [0.05, 0.1) is 5.69 Å². The first-order valence-electron chi connectivity index (χ1n) is 5.08. The Morgan fingerprint density at radius 2 is 1.82 bits per heavy atom. The predicted octanol–water partition coefficient (Wildman–Crippen LogP) is 3.20. The molecule has 0 aliphatic rings. The number of nitrogens with one attached hydrogen (secondary N) is 1. The van der Waals surface area contributed by atoms with Crippen LogP contribution in [-0.4, -0.2) is 4.99 Å². The van der Waals surface area contributed by atoms with Crippen molar-refractivity contribution >= 4 is 28.6 Å². The molecular weight excluding hydrogens is 235 g/mol. The van der Waals surface area contributed by atoms with Crippen molar-refractivity contribution in [3.05, 3.63) is 59.9 Å². The lowest BCUT2D eigenvalue weighted by Crippen LogP contribution is -2.09. The smallest absolute Gasteiger partial charge is 0.147 e. The normalized spacial score (nSPS) is 9.94. The quantitative estimate of drug-likeness (QED) is 0.817. The zero-order valence-electron chi connectivity index (χ0n) is 8.98. The maximum atomic E-state index is 13.7. The van der Waals surface area contributed by atoms with Crippen LogP contribution >= 0.6 is 12.2 Å². The van der Waals surface area contributed by atoms with Crippen molar-refractivity contribution in [2.45, 2.75) is 0 Å². The number of halogens is 1. The van der Waals surface area contributed by atoms with Gasteiger partial charge in [-0.15, -0.1) is 0 Å². The van der Waals surface area contributed by atoms with Crippen LogP contribution in [0.2, 0.25) is 0 Å². The molecule has 0 bridgehead atoms. The molecule has 0 heterocycles. The molecule has 0 atom stereocenters. The van der Waals surface area contributed by atoms with E-state index in [9.17, 15) is 4.39 Å². The maximum Gasteiger partial charge on any atom is 0.147 e. The van der Waals surface area contributed by atoms with Crippen molar-refractivity contribution < 1.29 is 4.39 Å². The van der Waals surface area contributed by atoms with Crippen LogP contribution in [0.25, 0.3) is 0 Å². The number of hydrogen-bond acceptors (Lipinski definition) is 2. The van der Waals surface area contributed by atoms with Crippen molar-refractivity contribution in [2.24, 2.45) is 5.73 Å². The summed E-state index contributed by atoms with van der Waals surface area (Å²) in [6.07, 6.45) is 0. The summed E-state index contributed by atoms with van der Waals surface area (Å²) in [7, 11) is 0. The molecule has 0 aromatic heterocycles. The molecule has 0 saturated heterocycles. The third kappa shape index (κ3) is 2.79. The summed E-state index contributed by atoms with van der Waals surface area (Å²) in [5.41, 5.74) is 7.18. The predicted molar refractivity (Wildman–Crippen MR) is 72.0 cm³/mol. The van der Waals surface area contributed by atoms with E-state index in [1.54, 1.807) is 12.1 Å². The van der Waals surface area contributed by atoms with Gasteiger partial charge in [-0.25, -0.2) is 4.39 Å². The molecule has 2 aromatic rings. The van der Waals surface area contributed by atoms with Crippen LogP contribution in [0.3, 0.4) is 0 Å². The third-order valence-electron chi connectivity index (χ3n) is 2.31. The van der Waals surface area contributed by atoms with E-state index < -0.39 is 0 Å². The van der Waals surface area contributed by atoms with Crippen LogP contribution < -0.4 is 11.1 Å². The minimum Gasteiger partial charge on any atom is -0.389 e. The van der Waals surface area contributed by atoms with E-state index in [0.717, 1.165) is 5.69 Å². The van der Waals surface area contributed by atoms with Crippen LogP contribution in [0.15, 0.2) is 48.5 Å². The first-order chi connectivity index (χ1) is 8.16. The zero-order valence-corrected chi connectivity index (χ0v) is 9.80. The topological polar surface area (TPSA) is 38.0 Å². The number of benzene rings is 2. The van der Waals surface area contributed by atoms with E-state index in [2.05, 4.69) is 5.32 Å². The van der Waals surface area contributed by atoms with Crippen molar-refractivity contribution in [1.29, 1.82) is 0 Å². The van der Waals surface area contributed by atoms with Gasteiger partial charge in [0.25, 0.3) is 0 Å². The summed E-state index contributed by atoms with van der Waals surface area (Å²) in [6, 6.07) is 14.0. The van der Waals surface area contributed by atoms with Gasteiger partial charge < -0.3 is 11.1 Å². The molecule has 3 N–H and O–H groups in total. The number of hydrogen-bond donors (Lipinski definition) is 2. The fourth-order valence-corrected chi connectivity index (χ4v) is 1.57. The lowest BCUT2D eigenvalue weighted by Gasteiger charge is -2.08. The minimum atomic E-state index is -0.376. The Morgan fingerprint density at radius 3 is 2.41 bits per heavy atom. The van der Waals surface area contributed by atoms with Gasteiger partial charge in [-0.2, -0.15) is 0 Å². The molecule has 0 spiro atoms. The number of thiocarbonyl (C=S) groups is 1. The molecule has 0 fully saturated rings. The van der Waals surface area contributed by atoms with Gasteiger partial charge in [0.2, 0.25) is 0 Å². The molecule has 0 aliphatic carbocycles. The lowest BCUT2D eigenvalue weighted by atomic mass is 10.2. The Hall–Kier alpha value is -1.94. The average Bonchev–Trinajstić information content (AvgIpc) is 2.33. The first-order valence-corrected chi connectivity index (χ1v) is 5.49. The first kappa shape index (κ1) is 11.5. The summed E-state index contributed by atoms with van der Waals surface area (Å²) in [4.78, 5) is 0.190. The SMILES string of the molecule is NC(=S)c1ccc(Nc2ccccc2)c(F)c1. The van der Waals surface area contributed by atoms with Crippen molar-refractivity contribution in [2.75, 3.05) is 5.32 Å². The van der Waals surface area contributed by atoms with Gasteiger partial charge in [0, 0.05) is 11.3 Å². The lowest BCUT2D eigenvalue weighted by molar-refractivity contribution is 0.631. The molecule has 2 nitrogen and oxygen atoms in total. The fraction of sp³-hybridized carbons (Fsp3) is 0. The summed E-state index contributed by atoms with van der Waals surface area (Å²) in [5.74, 6) is -0.376. The molecule has 0 amide bonds. The summed E-state index contributed by atoms with van der Waals surface area (Å²) < 4.78 is 13.7. The Balaban J connectivity index is 2.26. The van der Waals surface area contributed by atoms with Gasteiger partial charge in [-0.1, -0.05) is 30.4 Å². The van der Waals surface area contributed by atoms with Crippen LogP contribution in [0.1, 0.15) is 5.56 Å². The van der Waals surface area contributed by atoms with E-state index in [4.69, 9.17) is 18.0 Å². The summed E-state index contributed by atoms with van der Waals surface area (Å²) >= 11 is 4.79. The molecule has 0 radical (unpaired) electrons. The Labute approximate surface area is 104 Å². The van der Waals surface area contributed by atoms with E-state index in [0.29, 0.717) is 11.3 Å². The zero-order chi connectivity index (χ0) is 12.3. The Kier molecular flexibility index (Phi) is 3.35. The molecule has 2 aromatic carbocycles. The largest absolute Gasteiger partial charge is 0.389 e. The Bertz CT molecular complexity index is 540. The van der Waals surface area contributed by atoms with Crippen LogP contribution in [0.4, 0.5) is 15.8 Å². The van der Waals surface area contributed by atoms with E-state index in [1.165, 1.54) is 6.07 Å². The molecule has 2 rings (SSSR count). The second kappa shape index (κ2) is 4.93. The number of nitrogens with two attached hydrogens (primary N) is 1. The minimum absolute atomic E-state index is 0.190. The number of para-hydroxylation sites is 1. The Morgan fingerprint density at radius 1 is 1.12 bits per heavy atom. The van der Waals surface area contributed by atoms with Gasteiger partial charge in [-0.3, -0.25) is 0 Å². The van der Waals surface area contributed by atoms with Gasteiger partial charge in [-0.05, 0) is 30.3 Å². The van der Waals surface area contributed by atoms with E-state index in [1.807, 2.05) is 30.3 Å². The molecule has 86 valence electrons. The number of anilines is 2. The van der Waals surface area contributed by atoms with Crippen molar-refractivity contribution in [3.8, 4) is 0 Å². The molecule has 0 unspecified atom stereocenters. The van der Waals surface area contributed by atoms with Gasteiger partial charge in [0.15, 0.2) is 0 Å². The van der Waals surface area contributed by atoms with Crippen molar-refractivity contribution in [3.63, 3.8) is 0 Å². The van der Waals surface area contributed by atoms with Crippen LogP contribution in [-0.2, 0) is 0 Å². The second-order valence-corrected chi connectivity index (χ2v) is 3.99. The monoisotopic (exact) mass is 246 g/mol. The molecular formula is C13H11FN2S. The highest BCUT2D eigenvalue weighted by Crippen LogP contribution is 2.20. The second-order valence-electron chi connectivity index (χ2n) is 3.55. The van der Waals surface area contributed by atoms with Crippen molar-refractivity contribution in [1.82, 2.24) is 0 Å². The van der Waals surface area contributed by atoms with E-state index in [-0.39, 0.29) is 10.8 Å². The average molecular weight is 246 g/mol. The highest BCUT2D eigenvalue weighted by molar-refractivity contribution is 7.80. The third-order valence-corrected chi connectivity index (χ3v) is 2.54. The maximum absolute atomic E-state index is 13.7. The van der Waals surface area contributed by atoms with E-state index >= 15 is 0 Å². The highest BCUT2D eigenvalue weighted by Gasteiger charge is 2.05. The molecule has 17 heavy (non-hydrogen) atoms.